The second kappa shape index (κ2) is 8.30. The number of rotatable bonds is 7. The van der Waals surface area contributed by atoms with Crippen LogP contribution in [0, 0.1) is 24.0 Å². The quantitative estimate of drug-likeness (QED) is 0.589. The van der Waals surface area contributed by atoms with Gasteiger partial charge in [-0.05, 0) is 44.2 Å². The van der Waals surface area contributed by atoms with Gasteiger partial charge in [0.15, 0.2) is 0 Å². The molecule has 0 atom stereocenters. The molecular formula is C19H19F2N3O2. The Kier molecular flexibility index (Phi) is 6.12. The number of amides is 1. The van der Waals surface area contributed by atoms with E-state index in [0.717, 1.165) is 12.3 Å². The fourth-order valence-corrected chi connectivity index (χ4v) is 2.01. The Morgan fingerprint density at radius 1 is 1.27 bits per heavy atom. The summed E-state index contributed by atoms with van der Waals surface area (Å²) in [6.07, 6.45) is 6.36. The van der Waals surface area contributed by atoms with Gasteiger partial charge >= 0.3 is 0 Å². The first-order valence-corrected chi connectivity index (χ1v) is 7.89. The van der Waals surface area contributed by atoms with Crippen LogP contribution < -0.4 is 15.4 Å². The number of terminal acetylenes is 1. The van der Waals surface area contributed by atoms with Crippen LogP contribution in [-0.4, -0.2) is 29.6 Å². The molecule has 0 radical (unpaired) electrons. The molecule has 136 valence electrons. The standard InChI is InChI=1S/C19H19F2N3O2/c1-4-19(2,3)24-18(25)16-11-14(21)12-23-17(16)22-9-10-26-15-7-5-13(20)6-8-15/h1,5-8,11-12H,9-10H2,2-3H3,(H,22,23)(H,24,25). The minimum atomic E-state index is -0.883. The molecule has 2 rings (SSSR count). The van der Waals surface area contributed by atoms with Gasteiger partial charge in [-0.15, -0.1) is 6.42 Å². The van der Waals surface area contributed by atoms with Gasteiger partial charge in [0, 0.05) is 0 Å². The first-order valence-electron chi connectivity index (χ1n) is 7.89. The summed E-state index contributed by atoms with van der Waals surface area (Å²) in [5, 5.41) is 5.54. The highest BCUT2D eigenvalue weighted by Gasteiger charge is 2.21. The predicted molar refractivity (Wildman–Crippen MR) is 95.0 cm³/mol. The zero-order valence-electron chi connectivity index (χ0n) is 14.5. The second-order valence-electron chi connectivity index (χ2n) is 6.00. The van der Waals surface area contributed by atoms with Crippen LogP contribution in [0.25, 0.3) is 0 Å². The van der Waals surface area contributed by atoms with E-state index in [1.807, 2.05) is 0 Å². The number of ether oxygens (including phenoxy) is 1. The highest BCUT2D eigenvalue weighted by Crippen LogP contribution is 2.15. The fraction of sp³-hybridized carbons (Fsp3) is 0.263. The van der Waals surface area contributed by atoms with Gasteiger partial charge in [0.25, 0.3) is 5.91 Å². The maximum atomic E-state index is 13.5. The molecule has 2 N–H and O–H groups in total. The number of nitrogens with zero attached hydrogens (tertiary/aromatic N) is 1. The molecule has 2 aromatic rings. The monoisotopic (exact) mass is 359 g/mol. The largest absolute Gasteiger partial charge is 0.492 e. The van der Waals surface area contributed by atoms with Gasteiger partial charge in [-0.25, -0.2) is 13.8 Å². The maximum Gasteiger partial charge on any atom is 0.256 e. The smallest absolute Gasteiger partial charge is 0.256 e. The number of hydrogen-bond donors (Lipinski definition) is 2. The van der Waals surface area contributed by atoms with Crippen LogP contribution >= 0.6 is 0 Å². The van der Waals surface area contributed by atoms with E-state index >= 15 is 0 Å². The predicted octanol–water partition coefficient (Wildman–Crippen LogP) is 2.99. The molecule has 0 aliphatic heterocycles. The Morgan fingerprint density at radius 3 is 2.62 bits per heavy atom. The van der Waals surface area contributed by atoms with Gasteiger partial charge in [-0.1, -0.05) is 5.92 Å². The third-order valence-electron chi connectivity index (χ3n) is 3.36. The highest BCUT2D eigenvalue weighted by atomic mass is 19.1. The molecule has 0 aliphatic carbocycles. The van der Waals surface area contributed by atoms with E-state index in [9.17, 15) is 13.6 Å². The van der Waals surface area contributed by atoms with Crippen molar-refractivity contribution in [3.05, 3.63) is 53.7 Å². The lowest BCUT2D eigenvalue weighted by Gasteiger charge is -2.20. The summed E-state index contributed by atoms with van der Waals surface area (Å²) in [5.74, 6) is 1.63. The minimum Gasteiger partial charge on any atom is -0.492 e. The average Bonchev–Trinajstić information content (AvgIpc) is 2.61. The van der Waals surface area contributed by atoms with Crippen molar-refractivity contribution >= 4 is 11.7 Å². The first-order chi connectivity index (χ1) is 12.3. The van der Waals surface area contributed by atoms with Gasteiger partial charge < -0.3 is 15.4 Å². The Balaban J connectivity index is 1.99. The Bertz CT molecular complexity index is 815. The third kappa shape index (κ3) is 5.45. The van der Waals surface area contributed by atoms with E-state index in [4.69, 9.17) is 11.2 Å². The summed E-state index contributed by atoms with van der Waals surface area (Å²) in [7, 11) is 0. The molecule has 1 heterocycles. The molecule has 0 aliphatic rings. The number of aromatic nitrogens is 1. The molecule has 7 heteroatoms. The van der Waals surface area contributed by atoms with Crippen LogP contribution in [0.2, 0.25) is 0 Å². The fourth-order valence-electron chi connectivity index (χ4n) is 2.01. The van der Waals surface area contributed by atoms with Gasteiger partial charge in [-0.2, -0.15) is 0 Å². The topological polar surface area (TPSA) is 63.2 Å². The van der Waals surface area contributed by atoms with Crippen LogP contribution in [0.1, 0.15) is 24.2 Å². The van der Waals surface area contributed by atoms with Crippen molar-refractivity contribution in [3.63, 3.8) is 0 Å². The van der Waals surface area contributed by atoms with Crippen LogP contribution in [0.15, 0.2) is 36.5 Å². The summed E-state index contributed by atoms with van der Waals surface area (Å²) in [6.45, 7) is 3.85. The third-order valence-corrected chi connectivity index (χ3v) is 3.36. The van der Waals surface area contributed by atoms with Crippen molar-refractivity contribution in [1.82, 2.24) is 10.3 Å². The first kappa shape index (κ1) is 19.2. The molecule has 0 bridgehead atoms. The molecule has 0 saturated heterocycles. The lowest BCUT2D eigenvalue weighted by molar-refractivity contribution is 0.0930. The van der Waals surface area contributed by atoms with Crippen LogP contribution in [0.3, 0.4) is 0 Å². The Hall–Kier alpha value is -3.14. The van der Waals surface area contributed by atoms with Crippen molar-refractivity contribution in [3.8, 4) is 18.1 Å². The van der Waals surface area contributed by atoms with E-state index in [-0.39, 0.29) is 23.8 Å². The molecule has 26 heavy (non-hydrogen) atoms. The minimum absolute atomic E-state index is 0.0371. The van der Waals surface area contributed by atoms with E-state index in [1.165, 1.54) is 24.3 Å². The van der Waals surface area contributed by atoms with E-state index in [2.05, 4.69) is 21.5 Å². The lowest BCUT2D eigenvalue weighted by atomic mass is 10.1. The molecular weight excluding hydrogens is 340 g/mol. The molecule has 0 saturated carbocycles. The summed E-state index contributed by atoms with van der Waals surface area (Å²) < 4.78 is 31.8. The number of hydrogen-bond acceptors (Lipinski definition) is 4. The SMILES string of the molecule is C#CC(C)(C)NC(=O)c1cc(F)cnc1NCCOc1ccc(F)cc1. The van der Waals surface area contributed by atoms with Gasteiger partial charge in [-0.3, -0.25) is 4.79 Å². The summed E-state index contributed by atoms with van der Waals surface area (Å²) in [5.41, 5.74) is -0.845. The van der Waals surface area contributed by atoms with E-state index in [1.54, 1.807) is 13.8 Å². The molecule has 1 aromatic carbocycles. The summed E-state index contributed by atoms with van der Waals surface area (Å²) >= 11 is 0. The number of carbonyl (C=O) groups excluding carboxylic acids is 1. The number of benzene rings is 1. The zero-order chi connectivity index (χ0) is 19.2. The average molecular weight is 359 g/mol. The zero-order valence-corrected chi connectivity index (χ0v) is 14.5. The van der Waals surface area contributed by atoms with Gasteiger partial charge in [0.2, 0.25) is 0 Å². The van der Waals surface area contributed by atoms with E-state index in [0.29, 0.717) is 12.3 Å². The molecule has 5 nitrogen and oxygen atoms in total. The maximum absolute atomic E-state index is 13.5. The van der Waals surface area contributed by atoms with Crippen molar-refractivity contribution in [2.24, 2.45) is 0 Å². The highest BCUT2D eigenvalue weighted by molar-refractivity contribution is 5.99. The molecule has 0 fully saturated rings. The van der Waals surface area contributed by atoms with Crippen molar-refractivity contribution in [1.29, 1.82) is 0 Å². The molecule has 1 amide bonds. The van der Waals surface area contributed by atoms with Crippen molar-refractivity contribution in [2.75, 3.05) is 18.5 Å². The van der Waals surface area contributed by atoms with Crippen LogP contribution in [-0.2, 0) is 0 Å². The van der Waals surface area contributed by atoms with E-state index < -0.39 is 17.3 Å². The number of anilines is 1. The normalized spacial score (nSPS) is 10.7. The number of pyridine rings is 1. The van der Waals surface area contributed by atoms with Crippen LogP contribution in [0.4, 0.5) is 14.6 Å². The Labute approximate surface area is 150 Å². The van der Waals surface area contributed by atoms with Gasteiger partial charge in [0.1, 0.15) is 29.8 Å². The summed E-state index contributed by atoms with van der Waals surface area (Å²) in [4.78, 5) is 16.3. The lowest BCUT2D eigenvalue weighted by Crippen LogP contribution is -2.42. The Morgan fingerprint density at radius 2 is 1.96 bits per heavy atom. The molecule has 0 spiro atoms. The number of carbonyl (C=O) groups is 1. The summed E-state index contributed by atoms with van der Waals surface area (Å²) in [6, 6.07) is 6.68. The molecule has 0 unspecified atom stereocenters. The van der Waals surface area contributed by atoms with Gasteiger partial charge in [0.05, 0.1) is 23.8 Å². The van der Waals surface area contributed by atoms with Crippen molar-refractivity contribution in [2.45, 2.75) is 19.4 Å². The second-order valence-corrected chi connectivity index (χ2v) is 6.00. The van der Waals surface area contributed by atoms with Crippen LogP contribution in [0.5, 0.6) is 5.75 Å². The molecule has 1 aromatic heterocycles. The van der Waals surface area contributed by atoms with Crippen molar-refractivity contribution < 1.29 is 18.3 Å². The number of nitrogens with one attached hydrogen (secondary N) is 2. The number of halogens is 2.